The number of carbonyl (C=O) groups excluding carboxylic acids is 1. The number of aldehydes is 1. The van der Waals surface area contributed by atoms with Crippen molar-refractivity contribution in [1.82, 2.24) is 0 Å². The van der Waals surface area contributed by atoms with Gasteiger partial charge in [-0.1, -0.05) is 12.8 Å². The van der Waals surface area contributed by atoms with E-state index in [2.05, 4.69) is 0 Å². The Hall–Kier alpha value is -0.410. The van der Waals surface area contributed by atoms with Crippen molar-refractivity contribution in [1.29, 1.82) is 0 Å². The van der Waals surface area contributed by atoms with Gasteiger partial charge in [0, 0.05) is 12.8 Å². The monoisotopic (exact) mass is 200 g/mol. The van der Waals surface area contributed by atoms with Crippen LogP contribution in [0.15, 0.2) is 0 Å². The van der Waals surface area contributed by atoms with Gasteiger partial charge < -0.3 is 14.3 Å². The molecule has 0 spiro atoms. The van der Waals surface area contributed by atoms with Crippen LogP contribution >= 0.6 is 0 Å². The van der Waals surface area contributed by atoms with Gasteiger partial charge in [-0.15, -0.1) is 0 Å². The molecule has 3 heteroatoms. The van der Waals surface area contributed by atoms with Crippen LogP contribution in [-0.2, 0) is 14.3 Å². The van der Waals surface area contributed by atoms with Gasteiger partial charge in [0.15, 0.2) is 5.79 Å². The van der Waals surface area contributed by atoms with E-state index in [0.717, 1.165) is 51.6 Å². The normalized spacial score (nSPS) is 19.8. The van der Waals surface area contributed by atoms with Gasteiger partial charge in [0.05, 0.1) is 13.2 Å². The number of rotatable bonds is 7. The van der Waals surface area contributed by atoms with Crippen LogP contribution in [0.2, 0.25) is 0 Å². The fourth-order valence-corrected chi connectivity index (χ4v) is 1.73. The third kappa shape index (κ3) is 4.20. The summed E-state index contributed by atoms with van der Waals surface area (Å²) in [5.41, 5.74) is 0. The Morgan fingerprint density at radius 1 is 1.14 bits per heavy atom. The zero-order chi connectivity index (χ0) is 10.3. The van der Waals surface area contributed by atoms with E-state index in [1.165, 1.54) is 0 Å². The molecule has 14 heavy (non-hydrogen) atoms. The van der Waals surface area contributed by atoms with Crippen LogP contribution in [0.5, 0.6) is 0 Å². The number of hydrogen-bond donors (Lipinski definition) is 0. The summed E-state index contributed by atoms with van der Waals surface area (Å²) in [5.74, 6) is -0.329. The zero-order valence-electron chi connectivity index (χ0n) is 8.96. The molecule has 1 aliphatic rings. The molecule has 0 bridgehead atoms. The van der Waals surface area contributed by atoms with E-state index in [4.69, 9.17) is 9.47 Å². The molecule has 0 radical (unpaired) electrons. The van der Waals surface area contributed by atoms with E-state index in [1.54, 1.807) is 0 Å². The molecule has 0 atom stereocenters. The average Bonchev–Trinajstić information content (AvgIpc) is 2.59. The average molecular weight is 200 g/mol. The van der Waals surface area contributed by atoms with Crippen molar-refractivity contribution in [2.45, 2.75) is 51.2 Å². The Morgan fingerprint density at radius 3 is 2.43 bits per heavy atom. The highest BCUT2D eigenvalue weighted by Gasteiger charge is 2.29. The van der Waals surface area contributed by atoms with Gasteiger partial charge in [0.2, 0.25) is 0 Å². The highest BCUT2D eigenvalue weighted by Crippen LogP contribution is 2.25. The first-order valence-electron chi connectivity index (χ1n) is 5.48. The maximum Gasteiger partial charge on any atom is 0.165 e. The fourth-order valence-electron chi connectivity index (χ4n) is 1.73. The maximum absolute atomic E-state index is 10.1. The Kier molecular flexibility index (Phi) is 5.12. The largest absolute Gasteiger partial charge is 0.348 e. The van der Waals surface area contributed by atoms with E-state index < -0.39 is 0 Å². The second-order valence-electron chi connectivity index (χ2n) is 3.95. The lowest BCUT2D eigenvalue weighted by Gasteiger charge is -2.21. The number of carbonyl (C=O) groups is 1. The molecule has 1 saturated heterocycles. The second-order valence-corrected chi connectivity index (χ2v) is 3.95. The smallest absolute Gasteiger partial charge is 0.165 e. The molecule has 0 aromatic rings. The Balaban J connectivity index is 1.95. The summed E-state index contributed by atoms with van der Waals surface area (Å²) in [6.07, 6.45) is 7.09. The lowest BCUT2D eigenvalue weighted by atomic mass is 10.1. The van der Waals surface area contributed by atoms with E-state index in [1.807, 2.05) is 6.92 Å². The fraction of sp³-hybridized carbons (Fsp3) is 0.909. The zero-order valence-corrected chi connectivity index (χ0v) is 8.96. The lowest BCUT2D eigenvalue weighted by molar-refractivity contribution is -0.147. The maximum atomic E-state index is 10.1. The predicted molar refractivity (Wildman–Crippen MR) is 54.1 cm³/mol. The van der Waals surface area contributed by atoms with Gasteiger partial charge in [-0.3, -0.25) is 0 Å². The second kappa shape index (κ2) is 6.14. The third-order valence-electron chi connectivity index (χ3n) is 2.60. The number of hydrogen-bond acceptors (Lipinski definition) is 3. The molecule has 82 valence electrons. The molecular weight excluding hydrogens is 180 g/mol. The molecule has 3 nitrogen and oxygen atoms in total. The van der Waals surface area contributed by atoms with Crippen molar-refractivity contribution in [2.24, 2.45) is 0 Å². The van der Waals surface area contributed by atoms with Gasteiger partial charge in [0.25, 0.3) is 0 Å². The topological polar surface area (TPSA) is 35.5 Å². The third-order valence-corrected chi connectivity index (χ3v) is 2.60. The van der Waals surface area contributed by atoms with Gasteiger partial charge in [-0.2, -0.15) is 0 Å². The van der Waals surface area contributed by atoms with E-state index in [9.17, 15) is 4.79 Å². The highest BCUT2D eigenvalue weighted by atomic mass is 16.7. The van der Waals surface area contributed by atoms with E-state index >= 15 is 0 Å². The van der Waals surface area contributed by atoms with Crippen molar-refractivity contribution < 1.29 is 14.3 Å². The molecule has 0 aromatic heterocycles. The van der Waals surface area contributed by atoms with Crippen molar-refractivity contribution in [3.63, 3.8) is 0 Å². The first-order chi connectivity index (χ1) is 6.77. The minimum absolute atomic E-state index is 0.329. The standard InChI is InChI=1S/C11H20O3/c1-11(13-9-10-14-11)7-5-3-2-4-6-8-12/h8H,2-7,9-10H2,1H3. The highest BCUT2D eigenvalue weighted by molar-refractivity contribution is 5.48. The van der Waals surface area contributed by atoms with Crippen molar-refractivity contribution >= 4 is 6.29 Å². The molecular formula is C11H20O3. The van der Waals surface area contributed by atoms with Crippen molar-refractivity contribution in [2.75, 3.05) is 13.2 Å². The molecule has 1 heterocycles. The quantitative estimate of drug-likeness (QED) is 0.467. The summed E-state index contributed by atoms with van der Waals surface area (Å²) in [6.45, 7) is 3.45. The van der Waals surface area contributed by atoms with Gasteiger partial charge >= 0.3 is 0 Å². The molecule has 1 aliphatic heterocycles. The Labute approximate surface area is 85.8 Å². The van der Waals surface area contributed by atoms with Crippen molar-refractivity contribution in [3.05, 3.63) is 0 Å². The summed E-state index contributed by atoms with van der Waals surface area (Å²) < 4.78 is 11.0. The van der Waals surface area contributed by atoms with Crippen molar-refractivity contribution in [3.8, 4) is 0 Å². The van der Waals surface area contributed by atoms with Gasteiger partial charge in [-0.05, 0) is 19.8 Å². The summed E-state index contributed by atoms with van der Waals surface area (Å²) >= 11 is 0. The van der Waals surface area contributed by atoms with Crippen LogP contribution in [0.25, 0.3) is 0 Å². The molecule has 0 amide bonds. The van der Waals surface area contributed by atoms with Crippen LogP contribution < -0.4 is 0 Å². The Bertz CT molecular complexity index is 162. The molecule has 1 rings (SSSR count). The molecule has 1 fully saturated rings. The molecule has 0 saturated carbocycles. The molecule has 0 aliphatic carbocycles. The number of ether oxygens (including phenoxy) is 2. The first kappa shape index (κ1) is 11.7. The van der Waals surface area contributed by atoms with Crippen LogP contribution in [0, 0.1) is 0 Å². The van der Waals surface area contributed by atoms with Crippen LogP contribution in [-0.4, -0.2) is 25.3 Å². The Morgan fingerprint density at radius 2 is 1.79 bits per heavy atom. The number of unbranched alkanes of at least 4 members (excludes halogenated alkanes) is 4. The summed E-state index contributed by atoms with van der Waals surface area (Å²) in [6, 6.07) is 0. The molecule has 0 N–H and O–H groups in total. The van der Waals surface area contributed by atoms with Crippen LogP contribution in [0.3, 0.4) is 0 Å². The summed E-state index contributed by atoms with van der Waals surface area (Å²) in [7, 11) is 0. The van der Waals surface area contributed by atoms with Gasteiger partial charge in [0.1, 0.15) is 6.29 Å². The SMILES string of the molecule is CC1(CCCCCCC=O)OCCO1. The first-order valence-corrected chi connectivity index (χ1v) is 5.48. The molecule has 0 aromatic carbocycles. The van der Waals surface area contributed by atoms with E-state index in [0.29, 0.717) is 6.42 Å². The van der Waals surface area contributed by atoms with Crippen LogP contribution in [0.4, 0.5) is 0 Å². The molecule has 0 unspecified atom stereocenters. The predicted octanol–water partition coefficient (Wildman–Crippen LogP) is 2.29. The minimum Gasteiger partial charge on any atom is -0.348 e. The summed E-state index contributed by atoms with van der Waals surface area (Å²) in [5, 5.41) is 0. The van der Waals surface area contributed by atoms with Gasteiger partial charge in [-0.25, -0.2) is 0 Å². The summed E-state index contributed by atoms with van der Waals surface area (Å²) in [4.78, 5) is 10.1. The lowest BCUT2D eigenvalue weighted by Crippen LogP contribution is -2.24. The van der Waals surface area contributed by atoms with E-state index in [-0.39, 0.29) is 5.79 Å². The minimum atomic E-state index is -0.329. The van der Waals surface area contributed by atoms with Crippen LogP contribution in [0.1, 0.15) is 45.4 Å².